The molecule has 1 N–H and O–H groups in total. The van der Waals surface area contributed by atoms with Crippen LogP contribution in [0, 0.1) is 13.8 Å². The number of Topliss-reactive ketones (excluding diaryl/α,β-unsaturated/α-hetero) is 1. The van der Waals surface area contributed by atoms with Gasteiger partial charge in [0.05, 0.1) is 12.1 Å². The number of phenols is 1. The zero-order valence-electron chi connectivity index (χ0n) is 13.9. The van der Waals surface area contributed by atoms with E-state index in [9.17, 15) is 9.90 Å². The molecular weight excluding hydrogens is 324 g/mol. The van der Waals surface area contributed by atoms with Crippen LogP contribution in [0.25, 0.3) is 6.08 Å². The van der Waals surface area contributed by atoms with Crippen molar-refractivity contribution in [2.24, 2.45) is 0 Å². The van der Waals surface area contributed by atoms with E-state index in [0.29, 0.717) is 12.2 Å². The van der Waals surface area contributed by atoms with Gasteiger partial charge in [-0.2, -0.15) is 0 Å². The Balaban J connectivity index is 2.04. The number of benzene rings is 2. The minimum absolute atomic E-state index is 0.0613. The molecule has 2 aromatic carbocycles. The summed E-state index contributed by atoms with van der Waals surface area (Å²) >= 11 is 6.03. The minimum Gasteiger partial charge on any atom is -0.503 e. The van der Waals surface area contributed by atoms with Crippen molar-refractivity contribution in [1.82, 2.24) is 0 Å². The predicted octanol–water partition coefficient (Wildman–Crippen LogP) is 4.88. The number of aromatic hydroxyl groups is 1. The Hall–Kier alpha value is -2.26. The molecule has 0 unspecified atom stereocenters. The summed E-state index contributed by atoms with van der Waals surface area (Å²) in [6.07, 6.45) is 3.37. The van der Waals surface area contributed by atoms with E-state index in [4.69, 9.17) is 16.3 Å². The quantitative estimate of drug-likeness (QED) is 0.791. The van der Waals surface area contributed by atoms with Gasteiger partial charge < -0.3 is 9.84 Å². The van der Waals surface area contributed by atoms with Crippen LogP contribution in [0.3, 0.4) is 0 Å². The predicted molar refractivity (Wildman–Crippen MR) is 96.2 cm³/mol. The zero-order chi connectivity index (χ0) is 17.4. The summed E-state index contributed by atoms with van der Waals surface area (Å²) in [4.78, 5) is 12.8. The van der Waals surface area contributed by atoms with Crippen molar-refractivity contribution in [3.05, 3.63) is 62.7 Å². The van der Waals surface area contributed by atoms with E-state index in [1.54, 1.807) is 12.1 Å². The molecule has 1 aliphatic rings. The highest BCUT2D eigenvalue weighted by Crippen LogP contribution is 2.36. The summed E-state index contributed by atoms with van der Waals surface area (Å²) in [6.45, 7) is 4.06. The van der Waals surface area contributed by atoms with Crippen molar-refractivity contribution < 1.29 is 14.6 Å². The second-order valence-corrected chi connectivity index (χ2v) is 6.57. The molecule has 0 saturated carbocycles. The molecule has 1 aliphatic carbocycles. The second kappa shape index (κ2) is 6.33. The molecule has 124 valence electrons. The maximum atomic E-state index is 12.8. The number of hydrogen-bond acceptors (Lipinski definition) is 3. The van der Waals surface area contributed by atoms with E-state index in [1.807, 2.05) is 19.1 Å². The number of carbonyl (C=O) groups is 1. The third-order valence-electron chi connectivity index (χ3n) is 4.41. The molecule has 0 radical (unpaired) electrons. The number of hydrogen-bond donors (Lipinski definition) is 1. The van der Waals surface area contributed by atoms with Crippen molar-refractivity contribution in [1.29, 1.82) is 0 Å². The van der Waals surface area contributed by atoms with Gasteiger partial charge in [0.1, 0.15) is 0 Å². The maximum Gasteiger partial charge on any atom is 0.189 e. The highest BCUT2D eigenvalue weighted by atomic mass is 35.5. The van der Waals surface area contributed by atoms with E-state index in [0.717, 1.165) is 34.2 Å². The van der Waals surface area contributed by atoms with Crippen LogP contribution in [-0.4, -0.2) is 18.0 Å². The van der Waals surface area contributed by atoms with Crippen LogP contribution in [0.2, 0.25) is 5.02 Å². The summed E-state index contributed by atoms with van der Waals surface area (Å²) < 4.78 is 5.12. The molecule has 0 aromatic heterocycles. The maximum absolute atomic E-state index is 12.8. The monoisotopic (exact) mass is 342 g/mol. The molecule has 0 spiro atoms. The van der Waals surface area contributed by atoms with E-state index in [2.05, 4.69) is 13.0 Å². The van der Waals surface area contributed by atoms with Crippen LogP contribution in [-0.2, 0) is 6.42 Å². The van der Waals surface area contributed by atoms with Gasteiger partial charge in [-0.25, -0.2) is 0 Å². The molecule has 3 nitrogen and oxygen atoms in total. The number of phenolic OH excluding ortho intramolecular Hbond substituents is 1. The van der Waals surface area contributed by atoms with Gasteiger partial charge in [0.15, 0.2) is 17.3 Å². The Morgan fingerprint density at radius 1 is 1.17 bits per heavy atom. The first-order valence-electron chi connectivity index (χ1n) is 7.82. The van der Waals surface area contributed by atoms with Gasteiger partial charge in [-0.3, -0.25) is 4.79 Å². The molecule has 2 aromatic rings. The summed E-state index contributed by atoms with van der Waals surface area (Å²) in [7, 11) is 1.47. The molecule has 3 rings (SSSR count). The Morgan fingerprint density at radius 2 is 1.92 bits per heavy atom. The Bertz CT molecular complexity index is 866. The van der Waals surface area contributed by atoms with Crippen LogP contribution in [0.15, 0.2) is 29.8 Å². The van der Waals surface area contributed by atoms with Crippen molar-refractivity contribution in [3.8, 4) is 11.5 Å². The highest BCUT2D eigenvalue weighted by molar-refractivity contribution is 6.32. The van der Waals surface area contributed by atoms with E-state index in [1.165, 1.54) is 12.7 Å². The van der Waals surface area contributed by atoms with Gasteiger partial charge >= 0.3 is 0 Å². The smallest absolute Gasteiger partial charge is 0.189 e. The number of allylic oxidation sites excluding steroid dienone is 1. The fraction of sp³-hybridized carbons (Fsp3) is 0.250. The molecule has 0 bridgehead atoms. The number of aryl methyl sites for hydroxylation is 2. The summed E-state index contributed by atoms with van der Waals surface area (Å²) in [5.41, 5.74) is 5.69. The molecule has 0 saturated heterocycles. The lowest BCUT2D eigenvalue weighted by Gasteiger charge is -2.20. The van der Waals surface area contributed by atoms with Crippen molar-refractivity contribution in [3.63, 3.8) is 0 Å². The molecule has 0 amide bonds. The number of rotatable bonds is 2. The minimum atomic E-state index is -0.0899. The molecule has 0 fully saturated rings. The Morgan fingerprint density at radius 3 is 2.62 bits per heavy atom. The topological polar surface area (TPSA) is 46.5 Å². The summed E-state index contributed by atoms with van der Waals surface area (Å²) in [5.74, 6) is 0.267. The number of ketones is 1. The van der Waals surface area contributed by atoms with Crippen LogP contribution >= 0.6 is 11.6 Å². The molecular formula is C20H19ClO3. The van der Waals surface area contributed by atoms with E-state index < -0.39 is 0 Å². The lowest BCUT2D eigenvalue weighted by atomic mass is 9.83. The third kappa shape index (κ3) is 2.92. The lowest BCUT2D eigenvalue weighted by Crippen LogP contribution is -2.15. The van der Waals surface area contributed by atoms with Crippen LogP contribution in [0.4, 0.5) is 0 Å². The third-order valence-corrected chi connectivity index (χ3v) is 4.70. The number of fused-ring (bicyclic) bond motifs is 1. The average Bonchev–Trinajstić information content (AvgIpc) is 2.53. The van der Waals surface area contributed by atoms with Crippen LogP contribution in [0.1, 0.15) is 39.0 Å². The normalized spacial score (nSPS) is 15.5. The van der Waals surface area contributed by atoms with Gasteiger partial charge in [-0.05, 0) is 67.7 Å². The molecule has 0 atom stereocenters. The van der Waals surface area contributed by atoms with Gasteiger partial charge in [-0.1, -0.05) is 23.2 Å². The highest BCUT2D eigenvalue weighted by Gasteiger charge is 2.23. The Labute approximate surface area is 146 Å². The number of methoxy groups -OCH3 is 1. The fourth-order valence-electron chi connectivity index (χ4n) is 3.25. The van der Waals surface area contributed by atoms with Gasteiger partial charge in [0.25, 0.3) is 0 Å². The molecule has 4 heteroatoms. The summed E-state index contributed by atoms with van der Waals surface area (Å²) in [5, 5.41) is 10.0. The first-order valence-corrected chi connectivity index (χ1v) is 8.20. The van der Waals surface area contributed by atoms with Gasteiger partial charge in [0, 0.05) is 11.1 Å². The van der Waals surface area contributed by atoms with Crippen molar-refractivity contribution in [2.75, 3.05) is 7.11 Å². The second-order valence-electron chi connectivity index (χ2n) is 6.16. The molecule has 24 heavy (non-hydrogen) atoms. The largest absolute Gasteiger partial charge is 0.503 e. The first-order chi connectivity index (χ1) is 11.4. The SMILES string of the molecule is COc1cc(C=C2CCc3c(C)cc(C)cc3C2=O)cc(Cl)c1O. The van der Waals surface area contributed by atoms with E-state index >= 15 is 0 Å². The fourth-order valence-corrected chi connectivity index (χ4v) is 3.47. The van der Waals surface area contributed by atoms with Crippen LogP contribution in [0.5, 0.6) is 11.5 Å². The number of carbonyl (C=O) groups excluding carboxylic acids is 1. The van der Waals surface area contributed by atoms with Gasteiger partial charge in [0.2, 0.25) is 0 Å². The summed E-state index contributed by atoms with van der Waals surface area (Å²) in [6, 6.07) is 7.39. The number of halogens is 1. The Kier molecular flexibility index (Phi) is 4.37. The van der Waals surface area contributed by atoms with E-state index in [-0.39, 0.29) is 16.6 Å². The van der Waals surface area contributed by atoms with Crippen molar-refractivity contribution >= 4 is 23.5 Å². The first kappa shape index (κ1) is 16.6. The lowest BCUT2D eigenvalue weighted by molar-refractivity contribution is 0.102. The molecule has 0 heterocycles. The number of ether oxygens (including phenoxy) is 1. The van der Waals surface area contributed by atoms with Crippen molar-refractivity contribution in [2.45, 2.75) is 26.7 Å². The standard InChI is InChI=1S/C20H19ClO3/c1-11-6-12(2)15-5-4-14(19(22)16(15)7-11)8-13-9-17(21)20(23)18(10-13)24-3/h6-10,23H,4-5H2,1-3H3. The van der Waals surface area contributed by atoms with Crippen LogP contribution < -0.4 is 4.74 Å². The molecule has 0 aliphatic heterocycles. The zero-order valence-corrected chi connectivity index (χ0v) is 14.7. The van der Waals surface area contributed by atoms with Gasteiger partial charge in [-0.15, -0.1) is 0 Å². The average molecular weight is 343 g/mol.